The molecular weight excluding hydrogens is 412 g/mol. The fraction of sp³-hybridized carbons (Fsp3) is 0.318. The number of nitriles is 1. The highest BCUT2D eigenvalue weighted by atomic mass is 16.5. The van der Waals surface area contributed by atoms with E-state index in [4.69, 9.17) is 10.00 Å². The summed E-state index contributed by atoms with van der Waals surface area (Å²) in [5, 5.41) is 21.3. The SMILES string of the molecule is COCCCn1c(NC(=O)c2cccc(C#N)c2)nc2cc(C(=O)N3CC(O)C3)cnc21. The maximum absolute atomic E-state index is 12.8. The van der Waals surface area contributed by atoms with Gasteiger partial charge in [-0.1, -0.05) is 6.07 Å². The Hall–Kier alpha value is -3.81. The molecule has 0 radical (unpaired) electrons. The summed E-state index contributed by atoms with van der Waals surface area (Å²) in [5.74, 6) is -0.339. The first-order valence-corrected chi connectivity index (χ1v) is 10.1. The molecule has 2 aromatic heterocycles. The molecule has 4 rings (SSSR count). The molecule has 3 aromatic rings. The third kappa shape index (κ3) is 4.30. The van der Waals surface area contributed by atoms with Gasteiger partial charge in [0, 0.05) is 45.1 Å². The summed E-state index contributed by atoms with van der Waals surface area (Å²) in [7, 11) is 1.61. The van der Waals surface area contributed by atoms with Crippen LogP contribution in [0.15, 0.2) is 36.5 Å². The van der Waals surface area contributed by atoms with Crippen LogP contribution in [0, 0.1) is 11.3 Å². The highest BCUT2D eigenvalue weighted by molar-refractivity contribution is 6.04. The van der Waals surface area contributed by atoms with E-state index in [1.54, 1.807) is 35.9 Å². The molecular formula is C22H22N6O4. The Morgan fingerprint density at radius 2 is 2.12 bits per heavy atom. The second-order valence-electron chi connectivity index (χ2n) is 7.51. The molecule has 2 N–H and O–H groups in total. The number of aromatic nitrogens is 3. The molecule has 3 heterocycles. The van der Waals surface area contributed by atoms with Crippen molar-refractivity contribution in [3.05, 3.63) is 53.2 Å². The van der Waals surface area contributed by atoms with Gasteiger partial charge in [0.25, 0.3) is 11.8 Å². The van der Waals surface area contributed by atoms with E-state index < -0.39 is 12.0 Å². The number of amides is 2. The maximum atomic E-state index is 12.8. The first kappa shape index (κ1) is 21.4. The number of likely N-dealkylation sites (tertiary alicyclic amines) is 1. The number of nitrogens with zero attached hydrogens (tertiary/aromatic N) is 5. The van der Waals surface area contributed by atoms with Crippen molar-refractivity contribution in [2.75, 3.05) is 32.1 Å². The lowest BCUT2D eigenvalue weighted by Crippen LogP contribution is -2.53. The van der Waals surface area contributed by atoms with Crippen molar-refractivity contribution in [2.45, 2.75) is 19.1 Å². The predicted octanol–water partition coefficient (Wildman–Crippen LogP) is 1.41. The Kier molecular flexibility index (Phi) is 6.11. The van der Waals surface area contributed by atoms with Crippen LogP contribution in [0.4, 0.5) is 5.95 Å². The monoisotopic (exact) mass is 434 g/mol. The van der Waals surface area contributed by atoms with Crippen LogP contribution in [0.25, 0.3) is 11.2 Å². The molecule has 0 unspecified atom stereocenters. The molecule has 1 aliphatic rings. The van der Waals surface area contributed by atoms with Crippen molar-refractivity contribution in [2.24, 2.45) is 0 Å². The Balaban J connectivity index is 1.64. The van der Waals surface area contributed by atoms with Crippen molar-refractivity contribution < 1.29 is 19.4 Å². The molecule has 1 aliphatic heterocycles. The summed E-state index contributed by atoms with van der Waals surface area (Å²) in [6, 6.07) is 10.0. The Morgan fingerprint density at radius 3 is 2.84 bits per heavy atom. The number of fused-ring (bicyclic) bond motifs is 1. The highest BCUT2D eigenvalue weighted by Gasteiger charge is 2.30. The summed E-state index contributed by atoms with van der Waals surface area (Å²) in [6.45, 7) is 1.61. The van der Waals surface area contributed by atoms with E-state index >= 15 is 0 Å². The van der Waals surface area contributed by atoms with Crippen molar-refractivity contribution >= 4 is 28.9 Å². The number of benzene rings is 1. The van der Waals surface area contributed by atoms with Gasteiger partial charge < -0.3 is 14.7 Å². The Bertz CT molecular complexity index is 1210. The number of aryl methyl sites for hydroxylation is 1. The summed E-state index contributed by atoms with van der Waals surface area (Å²) in [5.41, 5.74) is 2.08. The lowest BCUT2D eigenvalue weighted by atomic mass is 10.1. The number of hydrogen-bond acceptors (Lipinski definition) is 7. The predicted molar refractivity (Wildman–Crippen MR) is 115 cm³/mol. The van der Waals surface area contributed by atoms with Gasteiger partial charge >= 0.3 is 0 Å². The average molecular weight is 434 g/mol. The van der Waals surface area contributed by atoms with Gasteiger partial charge in [0.05, 0.1) is 23.3 Å². The van der Waals surface area contributed by atoms with E-state index in [1.165, 1.54) is 17.2 Å². The third-order valence-corrected chi connectivity index (χ3v) is 5.19. The number of methoxy groups -OCH3 is 1. The van der Waals surface area contributed by atoms with Gasteiger partial charge in [0.2, 0.25) is 5.95 Å². The minimum absolute atomic E-state index is 0.225. The van der Waals surface area contributed by atoms with Crippen LogP contribution in [0.1, 0.15) is 32.7 Å². The first-order valence-electron chi connectivity index (χ1n) is 10.1. The summed E-state index contributed by atoms with van der Waals surface area (Å²) in [4.78, 5) is 35.8. The van der Waals surface area contributed by atoms with E-state index in [0.29, 0.717) is 66.5 Å². The van der Waals surface area contributed by atoms with Gasteiger partial charge in [-0.3, -0.25) is 19.5 Å². The van der Waals surface area contributed by atoms with E-state index in [9.17, 15) is 14.7 Å². The van der Waals surface area contributed by atoms with Crippen molar-refractivity contribution in [1.29, 1.82) is 5.26 Å². The molecule has 1 fully saturated rings. The van der Waals surface area contributed by atoms with Gasteiger partial charge in [-0.25, -0.2) is 9.97 Å². The largest absolute Gasteiger partial charge is 0.389 e. The number of carbonyl (C=O) groups is 2. The number of pyridine rings is 1. The zero-order chi connectivity index (χ0) is 22.7. The van der Waals surface area contributed by atoms with Crippen LogP contribution >= 0.6 is 0 Å². The topological polar surface area (TPSA) is 133 Å². The molecule has 10 nitrogen and oxygen atoms in total. The molecule has 0 aliphatic carbocycles. The fourth-order valence-corrected chi connectivity index (χ4v) is 3.51. The minimum Gasteiger partial charge on any atom is -0.389 e. The van der Waals surface area contributed by atoms with Crippen LogP contribution in [-0.4, -0.2) is 69.3 Å². The number of β-amino-alcohol motifs (C(OH)–C–C–N with tert-alkyl or cyclic N) is 1. The van der Waals surface area contributed by atoms with E-state index in [1.807, 2.05) is 6.07 Å². The lowest BCUT2D eigenvalue weighted by Gasteiger charge is -2.35. The third-order valence-electron chi connectivity index (χ3n) is 5.19. The first-order chi connectivity index (χ1) is 15.5. The lowest BCUT2D eigenvalue weighted by molar-refractivity contribution is 0.00588. The normalized spacial score (nSPS) is 13.6. The second-order valence-corrected chi connectivity index (χ2v) is 7.51. The zero-order valence-electron chi connectivity index (χ0n) is 17.5. The molecule has 32 heavy (non-hydrogen) atoms. The highest BCUT2D eigenvalue weighted by Crippen LogP contribution is 2.22. The van der Waals surface area contributed by atoms with Crippen molar-refractivity contribution in [1.82, 2.24) is 19.4 Å². The number of rotatable bonds is 7. The summed E-state index contributed by atoms with van der Waals surface area (Å²) in [6.07, 6.45) is 1.66. The molecule has 1 saturated heterocycles. The molecule has 0 atom stereocenters. The Morgan fingerprint density at radius 1 is 1.31 bits per heavy atom. The van der Waals surface area contributed by atoms with Gasteiger partial charge in [0.1, 0.15) is 5.52 Å². The van der Waals surface area contributed by atoms with Gasteiger partial charge in [0.15, 0.2) is 5.65 Å². The van der Waals surface area contributed by atoms with Crippen molar-refractivity contribution in [3.63, 3.8) is 0 Å². The van der Waals surface area contributed by atoms with E-state index in [-0.39, 0.29) is 5.91 Å². The van der Waals surface area contributed by atoms with Crippen LogP contribution in [0.5, 0.6) is 0 Å². The molecule has 164 valence electrons. The van der Waals surface area contributed by atoms with Gasteiger partial charge in [-0.15, -0.1) is 0 Å². The molecule has 0 bridgehead atoms. The molecule has 0 spiro atoms. The van der Waals surface area contributed by atoms with Crippen LogP contribution < -0.4 is 5.32 Å². The van der Waals surface area contributed by atoms with Crippen LogP contribution in [-0.2, 0) is 11.3 Å². The van der Waals surface area contributed by atoms with E-state index in [2.05, 4.69) is 15.3 Å². The second kappa shape index (κ2) is 9.13. The number of nitrogens with one attached hydrogen (secondary N) is 1. The number of anilines is 1. The quantitative estimate of drug-likeness (QED) is 0.537. The number of carbonyl (C=O) groups excluding carboxylic acids is 2. The number of aliphatic hydroxyl groups excluding tert-OH is 1. The Labute approximate surface area is 184 Å². The molecule has 1 aromatic carbocycles. The van der Waals surface area contributed by atoms with Crippen LogP contribution in [0.3, 0.4) is 0 Å². The van der Waals surface area contributed by atoms with Gasteiger partial charge in [-0.05, 0) is 30.7 Å². The number of hydrogen-bond donors (Lipinski definition) is 2. The number of imidazole rings is 1. The molecule has 2 amide bonds. The van der Waals surface area contributed by atoms with Gasteiger partial charge in [-0.2, -0.15) is 5.26 Å². The standard InChI is InChI=1S/C22H22N6O4/c1-32-7-3-6-28-19-18(9-16(11-24-19)21(31)27-12-17(29)13-27)25-22(28)26-20(30)15-5-2-4-14(8-15)10-23/h2,4-5,8-9,11,17,29H,3,6-7,12-13H2,1H3,(H,25,26,30). The maximum Gasteiger partial charge on any atom is 0.258 e. The average Bonchev–Trinajstić information content (AvgIpc) is 3.12. The number of aliphatic hydroxyl groups is 1. The minimum atomic E-state index is -0.489. The van der Waals surface area contributed by atoms with Crippen molar-refractivity contribution in [3.8, 4) is 6.07 Å². The van der Waals surface area contributed by atoms with E-state index in [0.717, 1.165) is 0 Å². The van der Waals surface area contributed by atoms with Crippen LogP contribution in [0.2, 0.25) is 0 Å². The molecule has 10 heteroatoms. The number of ether oxygens (including phenoxy) is 1. The smallest absolute Gasteiger partial charge is 0.258 e. The zero-order valence-corrected chi connectivity index (χ0v) is 17.5. The fourth-order valence-electron chi connectivity index (χ4n) is 3.51. The molecule has 0 saturated carbocycles. The summed E-state index contributed by atoms with van der Waals surface area (Å²) < 4.78 is 6.90. The summed E-state index contributed by atoms with van der Waals surface area (Å²) >= 11 is 0.